The van der Waals surface area contributed by atoms with Crippen LogP contribution >= 0.6 is 0 Å². The summed E-state index contributed by atoms with van der Waals surface area (Å²) in [6.07, 6.45) is 6.14. The van der Waals surface area contributed by atoms with Crippen LogP contribution in [0.3, 0.4) is 0 Å². The molecule has 0 spiro atoms. The fraction of sp³-hybridized carbons (Fsp3) is 0.588. The molecule has 116 valence electrons. The van der Waals surface area contributed by atoms with Crippen molar-refractivity contribution in [1.29, 1.82) is 0 Å². The van der Waals surface area contributed by atoms with E-state index in [2.05, 4.69) is 29.6 Å². The Morgan fingerprint density at radius 3 is 2.48 bits per heavy atom. The minimum atomic E-state index is 0.00625. The highest BCUT2D eigenvalue weighted by atomic mass is 16.1. The number of hydrogen-bond acceptors (Lipinski definition) is 3. The van der Waals surface area contributed by atoms with E-state index in [-0.39, 0.29) is 11.4 Å². The van der Waals surface area contributed by atoms with Crippen molar-refractivity contribution in [1.82, 2.24) is 10.2 Å². The minimum absolute atomic E-state index is 0.00625. The first-order valence-corrected chi connectivity index (χ1v) is 7.81. The van der Waals surface area contributed by atoms with Crippen molar-refractivity contribution < 1.29 is 4.79 Å². The number of carbonyl (C=O) groups is 1. The van der Waals surface area contributed by atoms with Crippen LogP contribution in [-0.2, 0) is 0 Å². The predicted molar refractivity (Wildman–Crippen MR) is 87.8 cm³/mol. The van der Waals surface area contributed by atoms with E-state index in [1.54, 1.807) is 0 Å². The van der Waals surface area contributed by atoms with Crippen molar-refractivity contribution in [3.63, 3.8) is 0 Å². The molecule has 0 radical (unpaired) electrons. The largest absolute Gasteiger partial charge is 0.387 e. The lowest BCUT2D eigenvalue weighted by molar-refractivity contribution is 0.0800. The number of hydrogen-bond donors (Lipinski definition) is 2. The van der Waals surface area contributed by atoms with Gasteiger partial charge < -0.3 is 15.5 Å². The molecule has 0 saturated heterocycles. The van der Waals surface area contributed by atoms with Crippen LogP contribution in [0.2, 0.25) is 0 Å². The Kier molecular flexibility index (Phi) is 5.23. The molecule has 0 heterocycles. The summed E-state index contributed by atoms with van der Waals surface area (Å²) in [5, 5.41) is 6.22. The van der Waals surface area contributed by atoms with Gasteiger partial charge in [-0.1, -0.05) is 31.4 Å². The fourth-order valence-corrected chi connectivity index (χ4v) is 3.23. The summed E-state index contributed by atoms with van der Waals surface area (Å²) in [5.41, 5.74) is 1.70. The van der Waals surface area contributed by atoms with Crippen LogP contribution in [0.1, 0.15) is 42.5 Å². The molecule has 0 aromatic heterocycles. The van der Waals surface area contributed by atoms with Crippen molar-refractivity contribution in [3.8, 4) is 0 Å². The number of likely N-dealkylation sites (N-methyl/N-ethyl adjacent to an activating group) is 1. The predicted octanol–water partition coefficient (Wildman–Crippen LogP) is 2.72. The number of amides is 1. The van der Waals surface area contributed by atoms with Gasteiger partial charge in [0.25, 0.3) is 5.91 Å². The maximum atomic E-state index is 12.5. The fourth-order valence-electron chi connectivity index (χ4n) is 3.23. The minimum Gasteiger partial charge on any atom is -0.387 e. The molecule has 1 saturated carbocycles. The van der Waals surface area contributed by atoms with Crippen LogP contribution in [-0.4, -0.2) is 44.0 Å². The van der Waals surface area contributed by atoms with Gasteiger partial charge in [-0.15, -0.1) is 0 Å². The van der Waals surface area contributed by atoms with Crippen LogP contribution in [0.4, 0.5) is 5.69 Å². The molecule has 1 aromatic rings. The van der Waals surface area contributed by atoms with Crippen LogP contribution in [0, 0.1) is 0 Å². The highest BCUT2D eigenvalue weighted by Crippen LogP contribution is 2.31. The normalized spacial score (nSPS) is 17.5. The Morgan fingerprint density at radius 1 is 1.19 bits per heavy atom. The summed E-state index contributed by atoms with van der Waals surface area (Å²) < 4.78 is 0. The number of nitrogens with one attached hydrogen (secondary N) is 2. The lowest BCUT2D eigenvalue weighted by atomic mass is 9.80. The van der Waals surface area contributed by atoms with Gasteiger partial charge in [0.15, 0.2) is 0 Å². The number of nitrogens with zero attached hydrogens (tertiary/aromatic N) is 1. The summed E-state index contributed by atoms with van der Waals surface area (Å²) in [4.78, 5) is 14.8. The zero-order valence-corrected chi connectivity index (χ0v) is 13.4. The Hall–Kier alpha value is -1.55. The molecule has 1 aliphatic rings. The lowest BCUT2D eigenvalue weighted by Gasteiger charge is -2.43. The molecule has 0 atom stereocenters. The topological polar surface area (TPSA) is 44.4 Å². The lowest BCUT2D eigenvalue weighted by Crippen LogP contribution is -2.53. The van der Waals surface area contributed by atoms with Gasteiger partial charge >= 0.3 is 0 Å². The smallest absolute Gasteiger partial charge is 0.253 e. The van der Waals surface area contributed by atoms with Crippen molar-refractivity contribution in [3.05, 3.63) is 29.8 Å². The number of rotatable bonds is 5. The molecule has 4 heteroatoms. The van der Waals surface area contributed by atoms with Crippen LogP contribution in [0.5, 0.6) is 0 Å². The molecular formula is C17H27N3O. The van der Waals surface area contributed by atoms with Gasteiger partial charge in [0.05, 0.1) is 5.56 Å². The first-order valence-electron chi connectivity index (χ1n) is 7.81. The molecule has 1 fully saturated rings. The molecule has 0 aliphatic heterocycles. The van der Waals surface area contributed by atoms with Crippen molar-refractivity contribution in [2.45, 2.75) is 37.6 Å². The average Bonchev–Trinajstić information content (AvgIpc) is 2.53. The standard InChI is InChI=1S/C17H27N3O/c1-18-15-10-6-5-9-14(15)16(21)19-13-17(20(2)3)11-7-4-8-12-17/h5-6,9-10,18H,4,7-8,11-13H2,1-3H3,(H,19,21). The van der Waals surface area contributed by atoms with Crippen LogP contribution in [0.15, 0.2) is 24.3 Å². The third-order valence-corrected chi connectivity index (χ3v) is 4.75. The zero-order valence-electron chi connectivity index (χ0n) is 13.4. The third-order valence-electron chi connectivity index (χ3n) is 4.75. The second kappa shape index (κ2) is 6.94. The zero-order chi connectivity index (χ0) is 15.3. The van der Waals surface area contributed by atoms with E-state index >= 15 is 0 Å². The quantitative estimate of drug-likeness (QED) is 0.876. The highest BCUT2D eigenvalue weighted by molar-refractivity contribution is 5.99. The van der Waals surface area contributed by atoms with Gasteiger partial charge in [-0.3, -0.25) is 4.79 Å². The van der Waals surface area contributed by atoms with Gasteiger partial charge in [-0.2, -0.15) is 0 Å². The van der Waals surface area contributed by atoms with E-state index in [9.17, 15) is 4.79 Å². The monoisotopic (exact) mass is 289 g/mol. The average molecular weight is 289 g/mol. The molecule has 1 aromatic carbocycles. The van der Waals surface area contributed by atoms with E-state index in [1.807, 2.05) is 31.3 Å². The summed E-state index contributed by atoms with van der Waals surface area (Å²) in [5.74, 6) is 0.00625. The van der Waals surface area contributed by atoms with Crippen molar-refractivity contribution >= 4 is 11.6 Å². The van der Waals surface area contributed by atoms with Crippen molar-refractivity contribution in [2.24, 2.45) is 0 Å². The number of anilines is 1. The Bertz CT molecular complexity index is 479. The van der Waals surface area contributed by atoms with Crippen LogP contribution in [0.25, 0.3) is 0 Å². The van der Waals surface area contributed by atoms with E-state index in [4.69, 9.17) is 0 Å². The van der Waals surface area contributed by atoms with Gasteiger partial charge in [0.2, 0.25) is 0 Å². The SMILES string of the molecule is CNc1ccccc1C(=O)NCC1(N(C)C)CCCCC1. The summed E-state index contributed by atoms with van der Waals surface area (Å²) in [7, 11) is 6.09. The molecule has 2 rings (SSSR count). The maximum absolute atomic E-state index is 12.5. The molecule has 1 aliphatic carbocycles. The van der Waals surface area contributed by atoms with Crippen molar-refractivity contribution in [2.75, 3.05) is 33.0 Å². The number of carbonyl (C=O) groups excluding carboxylic acids is 1. The summed E-state index contributed by atoms with van der Waals surface area (Å²) in [6, 6.07) is 7.63. The number of benzene rings is 1. The molecular weight excluding hydrogens is 262 g/mol. The summed E-state index contributed by atoms with van der Waals surface area (Å²) >= 11 is 0. The number of para-hydroxylation sites is 1. The molecule has 0 unspecified atom stereocenters. The summed E-state index contributed by atoms with van der Waals surface area (Å²) in [6.45, 7) is 0.719. The van der Waals surface area contributed by atoms with E-state index in [1.165, 1.54) is 19.3 Å². The molecule has 0 bridgehead atoms. The maximum Gasteiger partial charge on any atom is 0.253 e. The van der Waals surface area contributed by atoms with Crippen LogP contribution < -0.4 is 10.6 Å². The highest BCUT2D eigenvalue weighted by Gasteiger charge is 2.34. The molecule has 21 heavy (non-hydrogen) atoms. The first-order chi connectivity index (χ1) is 10.1. The Morgan fingerprint density at radius 2 is 1.86 bits per heavy atom. The molecule has 4 nitrogen and oxygen atoms in total. The molecule has 2 N–H and O–H groups in total. The second-order valence-electron chi connectivity index (χ2n) is 6.16. The van der Waals surface area contributed by atoms with E-state index in [0.717, 1.165) is 25.1 Å². The Balaban J connectivity index is 2.05. The molecule has 1 amide bonds. The van der Waals surface area contributed by atoms with E-state index in [0.29, 0.717) is 5.56 Å². The first kappa shape index (κ1) is 15.8. The van der Waals surface area contributed by atoms with Gasteiger partial charge in [0, 0.05) is 24.8 Å². The second-order valence-corrected chi connectivity index (χ2v) is 6.16. The Labute approximate surface area is 127 Å². The third kappa shape index (κ3) is 3.56. The van der Waals surface area contributed by atoms with Gasteiger partial charge in [-0.05, 0) is 39.1 Å². The van der Waals surface area contributed by atoms with E-state index < -0.39 is 0 Å². The van der Waals surface area contributed by atoms with Gasteiger partial charge in [-0.25, -0.2) is 0 Å². The van der Waals surface area contributed by atoms with Gasteiger partial charge in [0.1, 0.15) is 0 Å².